The van der Waals surface area contributed by atoms with Crippen LogP contribution < -0.4 is 19.8 Å². The molecule has 0 amide bonds. The number of fused-ring (bicyclic) bond motifs is 1. The van der Waals surface area contributed by atoms with Crippen LogP contribution in [-0.2, 0) is 26.7 Å². The van der Waals surface area contributed by atoms with Crippen molar-refractivity contribution in [2.75, 3.05) is 25.0 Å². The molecule has 2 aromatic carbocycles. The van der Waals surface area contributed by atoms with Crippen LogP contribution in [0.15, 0.2) is 63.9 Å². The molecule has 0 spiro atoms. The van der Waals surface area contributed by atoms with Gasteiger partial charge in [-0.1, -0.05) is 35.5 Å². The first-order valence-corrected chi connectivity index (χ1v) is 13.8. The van der Waals surface area contributed by atoms with E-state index in [-0.39, 0.29) is 66.4 Å². The van der Waals surface area contributed by atoms with Gasteiger partial charge in [0.1, 0.15) is 11.3 Å². The summed E-state index contributed by atoms with van der Waals surface area (Å²) in [6.45, 7) is 0.146. The Labute approximate surface area is 232 Å². The number of aromatic nitrogens is 1. The van der Waals surface area contributed by atoms with E-state index in [1.54, 1.807) is 12.1 Å². The van der Waals surface area contributed by atoms with Gasteiger partial charge in [0.05, 0.1) is 12.3 Å². The predicted molar refractivity (Wildman–Crippen MR) is 148 cm³/mol. The smallest absolute Gasteiger partial charge is 0.340 e. The van der Waals surface area contributed by atoms with Crippen molar-refractivity contribution in [2.45, 2.75) is 19.2 Å². The van der Waals surface area contributed by atoms with Gasteiger partial charge in [-0.2, -0.15) is 13.1 Å². The second kappa shape index (κ2) is 13.1. The van der Waals surface area contributed by atoms with E-state index < -0.39 is 27.5 Å². The maximum atomic E-state index is 15.3. The van der Waals surface area contributed by atoms with Gasteiger partial charge in [-0.05, 0) is 41.5 Å². The van der Waals surface area contributed by atoms with Crippen molar-refractivity contribution in [2.24, 2.45) is 0 Å². The highest BCUT2D eigenvalue weighted by atomic mass is 79.9. The maximum absolute atomic E-state index is 15.3. The SMILES string of the molecule is C.COCCNS(=O)(=O)Nc1cccc(Cc2c(CBr)c3ccc(Oc4ncccc4F)cc3oc2=O)c1F. The van der Waals surface area contributed by atoms with Crippen LogP contribution in [-0.4, -0.2) is 33.7 Å². The molecule has 0 unspecified atom stereocenters. The summed E-state index contributed by atoms with van der Waals surface area (Å²) in [5, 5.41) is 0.807. The number of methoxy groups -OCH3 is 1. The quantitative estimate of drug-likeness (QED) is 0.132. The van der Waals surface area contributed by atoms with Gasteiger partial charge >= 0.3 is 5.63 Å². The molecule has 0 aliphatic carbocycles. The van der Waals surface area contributed by atoms with Gasteiger partial charge in [0.15, 0.2) is 11.6 Å². The Hall–Kier alpha value is -3.39. The lowest BCUT2D eigenvalue weighted by Gasteiger charge is -2.14. The minimum atomic E-state index is -4.05. The Bertz CT molecular complexity index is 1630. The van der Waals surface area contributed by atoms with Crippen molar-refractivity contribution in [3.8, 4) is 11.6 Å². The molecule has 2 aromatic heterocycles. The largest absolute Gasteiger partial charge is 0.436 e. The lowest BCUT2D eigenvalue weighted by molar-refractivity contribution is 0.204. The molecule has 0 radical (unpaired) electrons. The molecule has 0 saturated heterocycles. The van der Waals surface area contributed by atoms with Crippen LogP contribution in [0.1, 0.15) is 24.1 Å². The van der Waals surface area contributed by atoms with Crippen molar-refractivity contribution in [1.82, 2.24) is 9.71 Å². The number of nitrogens with one attached hydrogen (secondary N) is 2. The van der Waals surface area contributed by atoms with E-state index in [9.17, 15) is 17.6 Å². The van der Waals surface area contributed by atoms with Gasteiger partial charge in [-0.15, -0.1) is 0 Å². The van der Waals surface area contributed by atoms with Gasteiger partial charge in [0.2, 0.25) is 0 Å². The van der Waals surface area contributed by atoms with Crippen LogP contribution in [0.3, 0.4) is 0 Å². The second-order valence-electron chi connectivity index (χ2n) is 7.98. The molecule has 4 rings (SSSR count). The fourth-order valence-electron chi connectivity index (χ4n) is 3.68. The monoisotopic (exact) mass is 625 g/mol. The normalized spacial score (nSPS) is 11.3. The number of hydrogen-bond acceptors (Lipinski definition) is 7. The maximum Gasteiger partial charge on any atom is 0.340 e. The zero-order chi connectivity index (χ0) is 27.3. The lowest BCUT2D eigenvalue weighted by atomic mass is 9.99. The summed E-state index contributed by atoms with van der Waals surface area (Å²) in [5.74, 6) is -1.50. The van der Waals surface area contributed by atoms with Crippen LogP contribution in [0.2, 0.25) is 0 Å². The van der Waals surface area contributed by atoms with Crippen molar-refractivity contribution in [3.63, 3.8) is 0 Å². The summed E-state index contributed by atoms with van der Waals surface area (Å²) >= 11 is 3.39. The zero-order valence-electron chi connectivity index (χ0n) is 20.0. The number of ether oxygens (including phenoxy) is 2. The number of rotatable bonds is 11. The molecule has 0 fully saturated rings. The van der Waals surface area contributed by atoms with Gasteiger partial charge in [-0.3, -0.25) is 4.72 Å². The van der Waals surface area contributed by atoms with Crippen LogP contribution in [0.25, 0.3) is 11.0 Å². The van der Waals surface area contributed by atoms with E-state index in [1.807, 2.05) is 0 Å². The molecule has 13 heteroatoms. The molecular formula is C26H26BrF2N3O6S. The van der Waals surface area contributed by atoms with Crippen molar-refractivity contribution < 1.29 is 31.1 Å². The number of alkyl halides is 1. The van der Waals surface area contributed by atoms with E-state index in [0.29, 0.717) is 10.9 Å². The van der Waals surface area contributed by atoms with Crippen molar-refractivity contribution >= 4 is 42.8 Å². The molecular weight excluding hydrogens is 600 g/mol. The van der Waals surface area contributed by atoms with Crippen molar-refractivity contribution in [3.05, 3.63) is 93.5 Å². The molecule has 4 aromatic rings. The summed E-state index contributed by atoms with van der Waals surface area (Å²) in [7, 11) is -2.62. The Balaban J connectivity index is 0.00000420. The van der Waals surface area contributed by atoms with Crippen LogP contribution >= 0.6 is 15.9 Å². The molecule has 0 saturated carbocycles. The van der Waals surface area contributed by atoms with Gasteiger partial charge in [-0.25, -0.2) is 18.6 Å². The first kappa shape index (κ1) is 30.2. The lowest BCUT2D eigenvalue weighted by Crippen LogP contribution is -2.33. The average Bonchev–Trinajstić information content (AvgIpc) is 2.88. The third-order valence-corrected chi connectivity index (χ3v) is 7.09. The molecule has 2 N–H and O–H groups in total. The second-order valence-corrected chi connectivity index (χ2v) is 10.0. The Kier molecular flexibility index (Phi) is 10.1. The number of halogens is 3. The van der Waals surface area contributed by atoms with Crippen LogP contribution in [0, 0.1) is 11.6 Å². The van der Waals surface area contributed by atoms with E-state index in [0.717, 1.165) is 0 Å². The Morgan fingerprint density at radius 1 is 1.10 bits per heavy atom. The zero-order valence-corrected chi connectivity index (χ0v) is 22.4. The van der Waals surface area contributed by atoms with E-state index in [2.05, 4.69) is 30.4 Å². The Morgan fingerprint density at radius 2 is 1.90 bits per heavy atom. The molecule has 208 valence electrons. The summed E-state index contributed by atoms with van der Waals surface area (Å²) in [4.78, 5) is 16.8. The molecule has 0 aliphatic rings. The average molecular weight is 626 g/mol. The minimum Gasteiger partial charge on any atom is -0.436 e. The van der Waals surface area contributed by atoms with E-state index in [4.69, 9.17) is 13.9 Å². The van der Waals surface area contributed by atoms with E-state index >= 15 is 4.39 Å². The van der Waals surface area contributed by atoms with E-state index in [1.165, 1.54) is 49.7 Å². The summed E-state index contributed by atoms with van der Waals surface area (Å²) in [5.41, 5.74) is 0.0308. The Morgan fingerprint density at radius 3 is 2.62 bits per heavy atom. The summed E-state index contributed by atoms with van der Waals surface area (Å²) in [6, 6.07) is 11.5. The molecule has 0 aliphatic heterocycles. The molecule has 2 heterocycles. The number of benzene rings is 2. The number of nitrogens with zero attached hydrogens (tertiary/aromatic N) is 1. The van der Waals surface area contributed by atoms with Gasteiger partial charge in [0, 0.05) is 48.6 Å². The summed E-state index contributed by atoms with van der Waals surface area (Å²) < 4.78 is 73.8. The highest BCUT2D eigenvalue weighted by Gasteiger charge is 2.20. The number of anilines is 1. The number of pyridine rings is 1. The fraction of sp³-hybridized carbons (Fsp3) is 0.231. The third kappa shape index (κ3) is 7.18. The van der Waals surface area contributed by atoms with Crippen molar-refractivity contribution in [1.29, 1.82) is 0 Å². The highest BCUT2D eigenvalue weighted by molar-refractivity contribution is 9.08. The molecule has 0 bridgehead atoms. The third-order valence-electron chi connectivity index (χ3n) is 5.45. The van der Waals surface area contributed by atoms with Gasteiger partial charge in [0.25, 0.3) is 16.1 Å². The molecule has 9 nitrogen and oxygen atoms in total. The fourth-order valence-corrected chi connectivity index (χ4v) is 5.19. The first-order valence-electron chi connectivity index (χ1n) is 11.2. The standard InChI is InChI=1S/C25H22BrF2N3O6S.CH4/c1-35-11-10-30-38(33,34)31-21-6-2-4-15(23(21)28)12-18-19(14-26)17-8-7-16(13-22(17)37-25(18)32)36-24-20(27)5-3-9-29-24;/h2-9,13,30-31H,10-12,14H2,1H3;1H4. The first-order chi connectivity index (χ1) is 18.2. The minimum absolute atomic E-state index is 0. The summed E-state index contributed by atoms with van der Waals surface area (Å²) in [6.07, 6.45) is 1.22. The van der Waals surface area contributed by atoms with Crippen LogP contribution in [0.5, 0.6) is 11.6 Å². The number of hydrogen-bond donors (Lipinski definition) is 2. The topological polar surface area (TPSA) is 120 Å². The van der Waals surface area contributed by atoms with Crippen LogP contribution in [0.4, 0.5) is 14.5 Å². The molecule has 39 heavy (non-hydrogen) atoms. The van der Waals surface area contributed by atoms with Gasteiger partial charge < -0.3 is 13.9 Å². The predicted octanol–water partition coefficient (Wildman–Crippen LogP) is 5.27. The molecule has 0 atom stereocenters. The highest BCUT2D eigenvalue weighted by Crippen LogP contribution is 2.30.